The van der Waals surface area contributed by atoms with E-state index in [0.29, 0.717) is 6.61 Å². The summed E-state index contributed by atoms with van der Waals surface area (Å²) in [6, 6.07) is 6.54. The van der Waals surface area contributed by atoms with Crippen molar-refractivity contribution in [3.05, 3.63) is 54.1 Å². The lowest BCUT2D eigenvalue weighted by atomic mass is 9.53. The number of hydrogen-bond donors (Lipinski definition) is 1. The lowest BCUT2D eigenvalue weighted by Gasteiger charge is -2.57. The zero-order chi connectivity index (χ0) is 27.2. The highest BCUT2D eigenvalue weighted by Crippen LogP contribution is 2.65. The number of aromatic amines is 1. The van der Waals surface area contributed by atoms with Crippen molar-refractivity contribution in [2.24, 2.45) is 19.5 Å². The van der Waals surface area contributed by atoms with Crippen molar-refractivity contribution < 1.29 is 14.3 Å². The monoisotopic (exact) mass is 537 g/mol. The van der Waals surface area contributed by atoms with E-state index in [1.807, 2.05) is 53.1 Å². The Kier molecular flexibility index (Phi) is 4.84. The number of nitrogens with one attached hydrogen (secondary N) is 1. The third kappa shape index (κ3) is 3.25. The van der Waals surface area contributed by atoms with Crippen molar-refractivity contribution in [2.45, 2.75) is 37.9 Å². The van der Waals surface area contributed by atoms with Crippen molar-refractivity contribution in [1.82, 2.24) is 34.4 Å². The third-order valence-corrected chi connectivity index (χ3v) is 9.47. The number of carbonyl (C=O) groups is 1. The van der Waals surface area contributed by atoms with Gasteiger partial charge in [0.2, 0.25) is 0 Å². The van der Waals surface area contributed by atoms with E-state index < -0.39 is 0 Å². The van der Waals surface area contributed by atoms with E-state index >= 15 is 0 Å². The molecule has 10 nitrogen and oxygen atoms in total. The summed E-state index contributed by atoms with van der Waals surface area (Å²) in [4.78, 5) is 22.4. The second kappa shape index (κ2) is 8.17. The van der Waals surface area contributed by atoms with Gasteiger partial charge in [0.15, 0.2) is 0 Å². The molecule has 10 heteroatoms. The molecule has 1 aromatic carbocycles. The number of benzene rings is 1. The number of fused-ring (bicyclic) bond motifs is 5. The number of methoxy groups -OCH3 is 1. The summed E-state index contributed by atoms with van der Waals surface area (Å²) in [6.45, 7) is 2.03. The molecule has 1 saturated carbocycles. The summed E-state index contributed by atoms with van der Waals surface area (Å²) in [5, 5.41) is 11.2. The summed E-state index contributed by atoms with van der Waals surface area (Å²) in [7, 11) is 5.36. The number of aromatic nitrogens is 6. The fraction of sp³-hybridized carbons (Fsp3) is 0.400. The lowest BCUT2D eigenvalue weighted by molar-refractivity contribution is -0.181. The first-order valence-corrected chi connectivity index (χ1v) is 13.8. The first-order chi connectivity index (χ1) is 19.4. The number of rotatable bonds is 2. The normalized spacial score (nSPS) is 19.0. The fourth-order valence-electron chi connectivity index (χ4n) is 7.57. The molecule has 5 aromatic rings. The smallest absolute Gasteiger partial charge is 0.409 e. The Morgan fingerprint density at radius 2 is 1.90 bits per heavy atom. The maximum Gasteiger partial charge on any atom is 0.409 e. The van der Waals surface area contributed by atoms with Crippen molar-refractivity contribution in [1.29, 1.82) is 0 Å². The number of carbonyl (C=O) groups excluding carboxylic acids is 1. The van der Waals surface area contributed by atoms with Gasteiger partial charge in [0.25, 0.3) is 0 Å². The molecule has 1 aliphatic carbocycles. The first kappa shape index (κ1) is 23.7. The van der Waals surface area contributed by atoms with Crippen LogP contribution in [-0.4, -0.2) is 60.7 Å². The molecule has 0 atom stereocenters. The predicted octanol–water partition coefficient (Wildman–Crippen LogP) is 4.89. The molecule has 204 valence electrons. The summed E-state index contributed by atoms with van der Waals surface area (Å²) < 4.78 is 15.4. The van der Waals surface area contributed by atoms with Crippen molar-refractivity contribution in [3.8, 4) is 22.4 Å². The highest BCUT2D eigenvalue weighted by atomic mass is 16.5. The summed E-state index contributed by atoms with van der Waals surface area (Å²) >= 11 is 0. The molecule has 0 radical (unpaired) electrons. The van der Waals surface area contributed by atoms with Gasteiger partial charge >= 0.3 is 6.09 Å². The van der Waals surface area contributed by atoms with Crippen LogP contribution in [0, 0.1) is 5.41 Å². The van der Waals surface area contributed by atoms with Gasteiger partial charge in [0, 0.05) is 72.6 Å². The number of nitrogens with zero attached hydrogens (tertiary/aromatic N) is 6. The molecule has 0 bridgehead atoms. The lowest BCUT2D eigenvalue weighted by Crippen LogP contribution is -2.55. The van der Waals surface area contributed by atoms with Gasteiger partial charge in [0.1, 0.15) is 5.65 Å². The van der Waals surface area contributed by atoms with E-state index in [0.717, 1.165) is 88.7 Å². The van der Waals surface area contributed by atoms with Crippen LogP contribution < -0.4 is 0 Å². The number of aryl methyl sites for hydroxylation is 2. The Morgan fingerprint density at radius 3 is 2.65 bits per heavy atom. The van der Waals surface area contributed by atoms with Gasteiger partial charge in [-0.2, -0.15) is 10.2 Å². The molecule has 6 heterocycles. The molecule has 40 heavy (non-hydrogen) atoms. The minimum absolute atomic E-state index is 0.180. The van der Waals surface area contributed by atoms with E-state index in [9.17, 15) is 4.79 Å². The molecular formula is C30H31N7O3. The van der Waals surface area contributed by atoms with Crippen molar-refractivity contribution >= 4 is 28.0 Å². The highest BCUT2D eigenvalue weighted by Gasteiger charge is 2.60. The number of H-pyrrole nitrogens is 1. The fourth-order valence-corrected chi connectivity index (χ4v) is 7.57. The van der Waals surface area contributed by atoms with Gasteiger partial charge in [-0.1, -0.05) is 6.07 Å². The largest absolute Gasteiger partial charge is 0.453 e. The predicted molar refractivity (Wildman–Crippen MR) is 149 cm³/mol. The van der Waals surface area contributed by atoms with Crippen LogP contribution in [0.2, 0.25) is 0 Å². The van der Waals surface area contributed by atoms with Crippen LogP contribution in [0.4, 0.5) is 4.79 Å². The highest BCUT2D eigenvalue weighted by molar-refractivity contribution is 6.06. The van der Waals surface area contributed by atoms with Gasteiger partial charge in [-0.15, -0.1) is 0 Å². The van der Waals surface area contributed by atoms with Gasteiger partial charge in [-0.05, 0) is 48.8 Å². The second-order valence-electron chi connectivity index (χ2n) is 11.8. The minimum Gasteiger partial charge on any atom is -0.453 e. The zero-order valence-corrected chi connectivity index (χ0v) is 22.9. The average molecular weight is 538 g/mol. The molecule has 8 rings (SSSR count). The molecule has 1 saturated heterocycles. The van der Waals surface area contributed by atoms with Gasteiger partial charge in [0.05, 0.1) is 42.9 Å². The third-order valence-electron chi connectivity index (χ3n) is 9.47. The number of likely N-dealkylation sites (tertiary alicyclic amines) is 1. The van der Waals surface area contributed by atoms with E-state index in [1.165, 1.54) is 12.7 Å². The maximum atomic E-state index is 12.1. The minimum atomic E-state index is -0.342. The number of piperidine rings is 1. The molecule has 0 unspecified atom stereocenters. The molecule has 2 spiro atoms. The van der Waals surface area contributed by atoms with Crippen LogP contribution in [-0.2, 0) is 35.8 Å². The Bertz CT molecular complexity index is 1810. The number of amides is 1. The Morgan fingerprint density at radius 1 is 1.07 bits per heavy atom. The van der Waals surface area contributed by atoms with E-state index in [4.69, 9.17) is 14.5 Å². The molecule has 3 aliphatic rings. The molecule has 2 fully saturated rings. The first-order valence-electron chi connectivity index (χ1n) is 13.8. The summed E-state index contributed by atoms with van der Waals surface area (Å²) in [5.74, 6) is 0. The number of ether oxygens (including phenoxy) is 2. The number of hydrogen-bond acceptors (Lipinski definition) is 6. The molecule has 1 N–H and O–H groups in total. The van der Waals surface area contributed by atoms with Crippen molar-refractivity contribution in [2.75, 3.05) is 20.2 Å². The molecular weight excluding hydrogens is 506 g/mol. The van der Waals surface area contributed by atoms with Gasteiger partial charge < -0.3 is 19.4 Å². The molecule has 2 aliphatic heterocycles. The van der Waals surface area contributed by atoms with Crippen LogP contribution in [0.1, 0.15) is 36.8 Å². The zero-order valence-electron chi connectivity index (χ0n) is 22.9. The maximum absolute atomic E-state index is 12.1. The second-order valence-corrected chi connectivity index (χ2v) is 11.8. The van der Waals surface area contributed by atoms with Gasteiger partial charge in [-0.3, -0.25) is 9.36 Å². The standard InChI is InChI=1S/C30H31N7O3/c1-35-14-20(13-32-35)26-23(18-4-5-22-19(10-18)12-33-36(22)2)24-25-21(11-31-27(24)34-26)15-40-30(25)16-29(17-30)6-8-37(9-7-29)28(38)39-3/h4-5,10-14H,6-9,15-17H2,1-3H3,(H,31,34). The van der Waals surface area contributed by atoms with Crippen LogP contribution in [0.25, 0.3) is 44.3 Å². The van der Waals surface area contributed by atoms with Gasteiger partial charge in [-0.25, -0.2) is 9.78 Å². The average Bonchev–Trinajstić information content (AvgIpc) is 3.72. The SMILES string of the molecule is COC(=O)N1CCC2(CC1)CC1(C2)OCc2cnc3[nH]c(-c4cnn(C)c4)c(-c4ccc5c(cnn5C)c4)c3c21. The van der Waals surface area contributed by atoms with E-state index in [2.05, 4.69) is 33.4 Å². The van der Waals surface area contributed by atoms with Crippen LogP contribution in [0.5, 0.6) is 0 Å². The summed E-state index contributed by atoms with van der Waals surface area (Å²) in [6.07, 6.45) is 11.4. The van der Waals surface area contributed by atoms with Crippen molar-refractivity contribution in [3.63, 3.8) is 0 Å². The topological polar surface area (TPSA) is 103 Å². The molecule has 1 amide bonds. The van der Waals surface area contributed by atoms with Crippen LogP contribution in [0.3, 0.4) is 0 Å². The Hall–Kier alpha value is -4.18. The van der Waals surface area contributed by atoms with Crippen LogP contribution in [0.15, 0.2) is 43.0 Å². The molecule has 4 aromatic heterocycles. The van der Waals surface area contributed by atoms with Crippen LogP contribution >= 0.6 is 0 Å². The Balaban J connectivity index is 1.27. The number of pyridine rings is 1. The van der Waals surface area contributed by atoms with E-state index in [-0.39, 0.29) is 17.1 Å². The van der Waals surface area contributed by atoms with E-state index in [1.54, 1.807) is 0 Å². The Labute approximate surface area is 230 Å². The quantitative estimate of drug-likeness (QED) is 0.344. The summed E-state index contributed by atoms with van der Waals surface area (Å²) in [5.41, 5.74) is 8.50.